The van der Waals surface area contributed by atoms with Gasteiger partial charge in [0.15, 0.2) is 0 Å². The van der Waals surface area contributed by atoms with Gasteiger partial charge in [0.05, 0.1) is 19.0 Å². The van der Waals surface area contributed by atoms with Crippen LogP contribution in [0.4, 0.5) is 5.69 Å². The molecule has 0 radical (unpaired) electrons. The lowest BCUT2D eigenvalue weighted by atomic mass is 10.1. The molecular formula is C19H25N3O2. The van der Waals surface area contributed by atoms with Crippen molar-refractivity contribution in [3.05, 3.63) is 53.9 Å². The van der Waals surface area contributed by atoms with Gasteiger partial charge in [0.2, 0.25) is 0 Å². The summed E-state index contributed by atoms with van der Waals surface area (Å²) < 4.78 is 5.22. The first kappa shape index (κ1) is 17.8. The molecule has 24 heavy (non-hydrogen) atoms. The van der Waals surface area contributed by atoms with E-state index < -0.39 is 0 Å². The van der Waals surface area contributed by atoms with Crippen LogP contribution in [-0.2, 0) is 6.42 Å². The topological polar surface area (TPSA) is 63.2 Å². The summed E-state index contributed by atoms with van der Waals surface area (Å²) in [6.07, 6.45) is 2.56. The Hall–Kier alpha value is -2.56. The molecule has 0 saturated heterocycles. The van der Waals surface area contributed by atoms with Crippen molar-refractivity contribution in [1.82, 2.24) is 10.3 Å². The van der Waals surface area contributed by atoms with E-state index in [0.717, 1.165) is 24.4 Å². The van der Waals surface area contributed by atoms with Crippen molar-refractivity contribution in [1.29, 1.82) is 0 Å². The molecule has 128 valence electrons. The van der Waals surface area contributed by atoms with Gasteiger partial charge in [-0.2, -0.15) is 0 Å². The molecule has 5 nitrogen and oxygen atoms in total. The molecule has 1 aromatic carbocycles. The molecule has 5 heteroatoms. The SMILES string of the molecule is COc1cccc(CCNc2ccc(C(=O)NC(C)(C)C)nc2)c1. The maximum atomic E-state index is 12.0. The van der Waals surface area contributed by atoms with E-state index in [2.05, 4.69) is 21.7 Å². The highest BCUT2D eigenvalue weighted by Gasteiger charge is 2.15. The van der Waals surface area contributed by atoms with Crippen molar-refractivity contribution in [3.63, 3.8) is 0 Å². The van der Waals surface area contributed by atoms with E-state index in [1.165, 1.54) is 5.56 Å². The van der Waals surface area contributed by atoms with Crippen LogP contribution in [0.15, 0.2) is 42.6 Å². The Balaban J connectivity index is 1.86. The number of aromatic nitrogens is 1. The number of methoxy groups -OCH3 is 1. The third-order valence-corrected chi connectivity index (χ3v) is 3.36. The first-order valence-corrected chi connectivity index (χ1v) is 8.03. The number of carbonyl (C=O) groups excluding carboxylic acids is 1. The van der Waals surface area contributed by atoms with E-state index in [1.54, 1.807) is 19.4 Å². The number of hydrogen-bond acceptors (Lipinski definition) is 4. The average molecular weight is 327 g/mol. The molecule has 0 bridgehead atoms. The van der Waals surface area contributed by atoms with Gasteiger partial charge in [0, 0.05) is 12.1 Å². The Morgan fingerprint density at radius 3 is 2.62 bits per heavy atom. The second-order valence-electron chi connectivity index (χ2n) is 6.66. The molecule has 2 rings (SSSR count). The Labute approximate surface area is 143 Å². The van der Waals surface area contributed by atoms with Crippen LogP contribution in [-0.4, -0.2) is 30.1 Å². The van der Waals surface area contributed by atoms with Crippen LogP contribution >= 0.6 is 0 Å². The van der Waals surface area contributed by atoms with Crippen molar-refractivity contribution in [2.24, 2.45) is 0 Å². The zero-order valence-corrected chi connectivity index (χ0v) is 14.7. The summed E-state index contributed by atoms with van der Waals surface area (Å²) in [5.74, 6) is 0.703. The van der Waals surface area contributed by atoms with Crippen molar-refractivity contribution < 1.29 is 9.53 Å². The van der Waals surface area contributed by atoms with Crippen LogP contribution in [0.1, 0.15) is 36.8 Å². The molecule has 1 amide bonds. The molecule has 1 aromatic heterocycles. The highest BCUT2D eigenvalue weighted by atomic mass is 16.5. The lowest BCUT2D eigenvalue weighted by molar-refractivity contribution is 0.0914. The molecule has 0 spiro atoms. The van der Waals surface area contributed by atoms with Crippen molar-refractivity contribution in [2.45, 2.75) is 32.7 Å². The number of nitrogens with zero attached hydrogens (tertiary/aromatic N) is 1. The van der Waals surface area contributed by atoms with Crippen LogP contribution in [0.5, 0.6) is 5.75 Å². The minimum atomic E-state index is -0.271. The fourth-order valence-electron chi connectivity index (χ4n) is 2.22. The summed E-state index contributed by atoms with van der Waals surface area (Å²) in [4.78, 5) is 16.2. The third-order valence-electron chi connectivity index (χ3n) is 3.36. The molecule has 0 atom stereocenters. The summed E-state index contributed by atoms with van der Waals surface area (Å²) in [6, 6.07) is 11.6. The van der Waals surface area contributed by atoms with Gasteiger partial charge in [-0.05, 0) is 57.0 Å². The summed E-state index contributed by atoms with van der Waals surface area (Å²) in [7, 11) is 1.67. The molecule has 0 unspecified atom stereocenters. The van der Waals surface area contributed by atoms with Gasteiger partial charge in [-0.15, -0.1) is 0 Å². The third kappa shape index (κ3) is 5.57. The molecule has 0 aliphatic rings. The lowest BCUT2D eigenvalue weighted by Gasteiger charge is -2.20. The highest BCUT2D eigenvalue weighted by molar-refractivity contribution is 5.92. The van der Waals surface area contributed by atoms with E-state index in [9.17, 15) is 4.79 Å². The molecule has 0 aliphatic carbocycles. The minimum Gasteiger partial charge on any atom is -0.497 e. The number of nitrogens with one attached hydrogen (secondary N) is 2. The van der Waals surface area contributed by atoms with Crippen LogP contribution < -0.4 is 15.4 Å². The Morgan fingerprint density at radius 1 is 1.21 bits per heavy atom. The van der Waals surface area contributed by atoms with Crippen LogP contribution in [0.3, 0.4) is 0 Å². The van der Waals surface area contributed by atoms with Gasteiger partial charge in [0.1, 0.15) is 11.4 Å². The second kappa shape index (κ2) is 7.81. The standard InChI is InChI=1S/C19H25N3O2/c1-19(2,3)22-18(23)17-9-8-15(13-21-17)20-11-10-14-6-5-7-16(12-14)24-4/h5-9,12-13,20H,10-11H2,1-4H3,(H,22,23). The largest absolute Gasteiger partial charge is 0.497 e. The molecular weight excluding hydrogens is 302 g/mol. The molecule has 2 aromatic rings. The first-order chi connectivity index (χ1) is 11.4. The van der Waals surface area contributed by atoms with Gasteiger partial charge in [0.25, 0.3) is 5.91 Å². The zero-order chi connectivity index (χ0) is 17.6. The Morgan fingerprint density at radius 2 is 2.00 bits per heavy atom. The maximum absolute atomic E-state index is 12.0. The van der Waals surface area contributed by atoms with E-state index in [-0.39, 0.29) is 11.4 Å². The molecule has 2 N–H and O–H groups in total. The fourth-order valence-corrected chi connectivity index (χ4v) is 2.22. The average Bonchev–Trinajstić information content (AvgIpc) is 2.54. The van der Waals surface area contributed by atoms with Crippen LogP contribution in [0.2, 0.25) is 0 Å². The number of benzene rings is 1. The number of ether oxygens (including phenoxy) is 1. The number of pyridine rings is 1. The number of hydrogen-bond donors (Lipinski definition) is 2. The second-order valence-corrected chi connectivity index (χ2v) is 6.66. The van der Waals surface area contributed by atoms with Crippen molar-refractivity contribution in [2.75, 3.05) is 19.0 Å². The predicted molar refractivity (Wildman–Crippen MR) is 96.6 cm³/mol. The molecule has 0 fully saturated rings. The monoisotopic (exact) mass is 327 g/mol. The normalized spacial score (nSPS) is 11.0. The summed E-state index contributed by atoms with van der Waals surface area (Å²) in [6.45, 7) is 6.61. The smallest absolute Gasteiger partial charge is 0.270 e. The van der Waals surface area contributed by atoms with E-state index in [1.807, 2.05) is 45.0 Å². The minimum absolute atomic E-state index is 0.162. The van der Waals surface area contributed by atoms with E-state index in [4.69, 9.17) is 4.74 Å². The molecule has 1 heterocycles. The van der Waals surface area contributed by atoms with Crippen LogP contribution in [0.25, 0.3) is 0 Å². The zero-order valence-electron chi connectivity index (χ0n) is 14.7. The van der Waals surface area contributed by atoms with Gasteiger partial charge in [-0.25, -0.2) is 4.98 Å². The highest BCUT2D eigenvalue weighted by Crippen LogP contribution is 2.13. The summed E-state index contributed by atoms with van der Waals surface area (Å²) in [5, 5.41) is 6.21. The van der Waals surface area contributed by atoms with Crippen LogP contribution in [0, 0.1) is 0 Å². The fraction of sp³-hybridized carbons (Fsp3) is 0.368. The quantitative estimate of drug-likeness (QED) is 0.855. The molecule has 0 aliphatic heterocycles. The van der Waals surface area contributed by atoms with Gasteiger partial charge < -0.3 is 15.4 Å². The van der Waals surface area contributed by atoms with Crippen molar-refractivity contribution in [3.8, 4) is 5.75 Å². The van der Waals surface area contributed by atoms with E-state index in [0.29, 0.717) is 5.69 Å². The first-order valence-electron chi connectivity index (χ1n) is 8.03. The van der Waals surface area contributed by atoms with E-state index >= 15 is 0 Å². The number of amides is 1. The lowest BCUT2D eigenvalue weighted by Crippen LogP contribution is -2.40. The predicted octanol–water partition coefficient (Wildman–Crippen LogP) is 3.27. The molecule has 0 saturated carbocycles. The number of rotatable bonds is 6. The van der Waals surface area contributed by atoms with Gasteiger partial charge >= 0.3 is 0 Å². The summed E-state index contributed by atoms with van der Waals surface area (Å²) >= 11 is 0. The van der Waals surface area contributed by atoms with Gasteiger partial charge in [-0.1, -0.05) is 12.1 Å². The summed E-state index contributed by atoms with van der Waals surface area (Å²) in [5.41, 5.74) is 2.25. The number of anilines is 1. The van der Waals surface area contributed by atoms with Crippen molar-refractivity contribution >= 4 is 11.6 Å². The van der Waals surface area contributed by atoms with Gasteiger partial charge in [-0.3, -0.25) is 4.79 Å². The number of carbonyl (C=O) groups is 1. The maximum Gasteiger partial charge on any atom is 0.270 e. The Kier molecular flexibility index (Phi) is 5.79. The Bertz CT molecular complexity index is 676.